The second-order valence-corrected chi connectivity index (χ2v) is 6.36. The van der Waals surface area contributed by atoms with Crippen molar-refractivity contribution >= 4 is 0 Å². The molecule has 2 heteroatoms. The van der Waals surface area contributed by atoms with Crippen molar-refractivity contribution in [2.45, 2.75) is 50.2 Å². The molecule has 2 atom stereocenters. The molecule has 3 aliphatic rings. The Kier molecular flexibility index (Phi) is 2.49. The topological polar surface area (TPSA) is 29.3 Å². The molecule has 2 saturated carbocycles. The highest BCUT2D eigenvalue weighted by Crippen LogP contribution is 2.46. The second kappa shape index (κ2) is 4.07. The van der Waals surface area contributed by atoms with Crippen LogP contribution in [0.4, 0.5) is 0 Å². The van der Waals surface area contributed by atoms with Crippen molar-refractivity contribution in [1.29, 1.82) is 0 Å². The maximum absolute atomic E-state index is 6.31. The molecule has 2 nitrogen and oxygen atoms in total. The third kappa shape index (κ3) is 1.88. The van der Waals surface area contributed by atoms with Crippen LogP contribution in [0.3, 0.4) is 0 Å². The summed E-state index contributed by atoms with van der Waals surface area (Å²) in [4.78, 5) is 2.78. The van der Waals surface area contributed by atoms with Crippen molar-refractivity contribution in [3.8, 4) is 0 Å². The van der Waals surface area contributed by atoms with Gasteiger partial charge in [-0.3, -0.25) is 4.90 Å². The minimum Gasteiger partial charge on any atom is -0.324 e. The highest BCUT2D eigenvalue weighted by Gasteiger charge is 2.41. The van der Waals surface area contributed by atoms with Crippen molar-refractivity contribution in [2.75, 3.05) is 6.54 Å². The summed E-state index contributed by atoms with van der Waals surface area (Å²) in [6.07, 6.45) is 6.83. The third-order valence-corrected chi connectivity index (χ3v) is 4.81. The molecule has 0 aromatic heterocycles. The number of nitrogens with zero attached hydrogens (tertiary/aromatic N) is 1. The first-order valence-electron chi connectivity index (χ1n) is 7.43. The number of hydrogen-bond donors (Lipinski definition) is 1. The zero-order valence-corrected chi connectivity index (χ0v) is 10.9. The Morgan fingerprint density at radius 2 is 1.78 bits per heavy atom. The third-order valence-electron chi connectivity index (χ3n) is 4.81. The molecule has 2 unspecified atom stereocenters. The summed E-state index contributed by atoms with van der Waals surface area (Å²) in [5.41, 5.74) is 9.22. The molecule has 0 aliphatic heterocycles. The molecule has 1 aromatic carbocycles. The fourth-order valence-electron chi connectivity index (χ4n) is 3.50. The molecule has 96 valence electrons. The minimum atomic E-state index is 0.256. The Morgan fingerprint density at radius 3 is 2.44 bits per heavy atom. The van der Waals surface area contributed by atoms with Crippen LogP contribution in [0.15, 0.2) is 24.3 Å². The first kappa shape index (κ1) is 11.0. The Morgan fingerprint density at radius 1 is 1.06 bits per heavy atom. The highest BCUT2D eigenvalue weighted by atomic mass is 15.2. The normalized spacial score (nSPS) is 30.8. The van der Waals surface area contributed by atoms with E-state index in [1.54, 1.807) is 0 Å². The summed E-state index contributed by atoms with van der Waals surface area (Å²) >= 11 is 0. The molecule has 0 amide bonds. The average molecular weight is 242 g/mol. The Bertz CT molecular complexity index is 448. The fourth-order valence-corrected chi connectivity index (χ4v) is 3.50. The number of nitrogens with two attached hydrogens (primary N) is 1. The molecule has 4 rings (SSSR count). The first-order valence-corrected chi connectivity index (χ1v) is 7.43. The van der Waals surface area contributed by atoms with Crippen LogP contribution in [0.25, 0.3) is 0 Å². The van der Waals surface area contributed by atoms with Crippen molar-refractivity contribution in [3.05, 3.63) is 35.4 Å². The van der Waals surface area contributed by atoms with Crippen LogP contribution >= 0.6 is 0 Å². The van der Waals surface area contributed by atoms with E-state index in [-0.39, 0.29) is 6.04 Å². The lowest BCUT2D eigenvalue weighted by atomic mass is 10.1. The van der Waals surface area contributed by atoms with Crippen LogP contribution in [0.5, 0.6) is 0 Å². The smallest absolute Gasteiger partial charge is 0.0372 e. The molecule has 2 N–H and O–H groups in total. The molecule has 0 radical (unpaired) electrons. The quantitative estimate of drug-likeness (QED) is 0.879. The zero-order chi connectivity index (χ0) is 12.1. The van der Waals surface area contributed by atoms with Crippen LogP contribution in [-0.4, -0.2) is 17.5 Å². The van der Waals surface area contributed by atoms with E-state index in [0.29, 0.717) is 6.04 Å². The van der Waals surface area contributed by atoms with E-state index < -0.39 is 0 Å². The number of hydrogen-bond acceptors (Lipinski definition) is 2. The van der Waals surface area contributed by atoms with Crippen LogP contribution in [0.2, 0.25) is 0 Å². The van der Waals surface area contributed by atoms with Gasteiger partial charge in [-0.15, -0.1) is 0 Å². The van der Waals surface area contributed by atoms with Crippen LogP contribution in [-0.2, 0) is 0 Å². The van der Waals surface area contributed by atoms with Gasteiger partial charge in [0.1, 0.15) is 0 Å². The number of fused-ring (bicyclic) bond motifs is 1. The molecule has 1 aromatic rings. The minimum absolute atomic E-state index is 0.256. The predicted octanol–water partition coefficient (Wildman–Crippen LogP) is 3.01. The SMILES string of the molecule is NC1CC(N(CC2CC2)C2CC2)c2ccccc21. The van der Waals surface area contributed by atoms with Gasteiger partial charge in [-0.05, 0) is 49.1 Å². The standard InChI is InChI=1S/C16H22N2/c17-15-9-16(14-4-2-1-3-13(14)15)18(12-7-8-12)10-11-5-6-11/h1-4,11-12,15-16H,5-10,17H2. The van der Waals surface area contributed by atoms with Crippen molar-refractivity contribution in [2.24, 2.45) is 11.7 Å². The monoisotopic (exact) mass is 242 g/mol. The highest BCUT2D eigenvalue weighted by molar-refractivity contribution is 5.37. The number of benzene rings is 1. The summed E-state index contributed by atoms with van der Waals surface area (Å²) in [7, 11) is 0. The van der Waals surface area contributed by atoms with Gasteiger partial charge in [0.05, 0.1) is 0 Å². The van der Waals surface area contributed by atoms with Crippen LogP contribution < -0.4 is 5.73 Å². The second-order valence-electron chi connectivity index (χ2n) is 6.36. The average Bonchev–Trinajstić information content (AvgIpc) is 3.26. The van der Waals surface area contributed by atoms with Crippen LogP contribution in [0.1, 0.15) is 55.3 Å². The van der Waals surface area contributed by atoms with Crippen molar-refractivity contribution in [3.63, 3.8) is 0 Å². The van der Waals surface area contributed by atoms with E-state index in [1.807, 2.05) is 0 Å². The lowest BCUT2D eigenvalue weighted by Crippen LogP contribution is -2.32. The lowest BCUT2D eigenvalue weighted by molar-refractivity contribution is 0.173. The molecule has 0 spiro atoms. The Hall–Kier alpha value is -0.860. The fraction of sp³-hybridized carbons (Fsp3) is 0.625. The van der Waals surface area contributed by atoms with Gasteiger partial charge in [0, 0.05) is 24.7 Å². The summed E-state index contributed by atoms with van der Waals surface area (Å²) in [6, 6.07) is 10.5. The van der Waals surface area contributed by atoms with E-state index >= 15 is 0 Å². The molecule has 0 bridgehead atoms. The molecule has 0 heterocycles. The Labute approximate surface area is 109 Å². The van der Waals surface area contributed by atoms with Crippen LogP contribution in [0, 0.1) is 5.92 Å². The number of rotatable bonds is 4. The van der Waals surface area contributed by atoms with E-state index in [4.69, 9.17) is 5.73 Å². The summed E-state index contributed by atoms with van der Waals surface area (Å²) in [5.74, 6) is 0.981. The van der Waals surface area contributed by atoms with E-state index in [2.05, 4.69) is 29.2 Å². The molecule has 0 saturated heterocycles. The van der Waals surface area contributed by atoms with Gasteiger partial charge in [-0.1, -0.05) is 24.3 Å². The van der Waals surface area contributed by atoms with Gasteiger partial charge in [0.2, 0.25) is 0 Å². The molecule has 3 aliphatic carbocycles. The Balaban J connectivity index is 1.63. The maximum Gasteiger partial charge on any atom is 0.0372 e. The van der Waals surface area contributed by atoms with Gasteiger partial charge >= 0.3 is 0 Å². The molecule has 2 fully saturated rings. The first-order chi connectivity index (χ1) is 8.83. The summed E-state index contributed by atoms with van der Waals surface area (Å²) in [5, 5.41) is 0. The summed E-state index contributed by atoms with van der Waals surface area (Å²) < 4.78 is 0. The van der Waals surface area contributed by atoms with Crippen molar-refractivity contribution in [1.82, 2.24) is 4.90 Å². The molecular formula is C16H22N2. The van der Waals surface area contributed by atoms with Gasteiger partial charge in [-0.2, -0.15) is 0 Å². The van der Waals surface area contributed by atoms with E-state index in [9.17, 15) is 0 Å². The van der Waals surface area contributed by atoms with Gasteiger partial charge in [0.15, 0.2) is 0 Å². The van der Waals surface area contributed by atoms with E-state index in [1.165, 1.54) is 43.4 Å². The molecule has 18 heavy (non-hydrogen) atoms. The van der Waals surface area contributed by atoms with Gasteiger partial charge in [0.25, 0.3) is 0 Å². The maximum atomic E-state index is 6.31. The van der Waals surface area contributed by atoms with E-state index in [0.717, 1.165) is 18.4 Å². The van der Waals surface area contributed by atoms with Gasteiger partial charge in [-0.25, -0.2) is 0 Å². The van der Waals surface area contributed by atoms with Gasteiger partial charge < -0.3 is 5.73 Å². The predicted molar refractivity (Wildman–Crippen MR) is 73.2 cm³/mol. The lowest BCUT2D eigenvalue weighted by Gasteiger charge is -2.29. The largest absolute Gasteiger partial charge is 0.324 e. The van der Waals surface area contributed by atoms with Crippen molar-refractivity contribution < 1.29 is 0 Å². The molecular weight excluding hydrogens is 220 g/mol. The zero-order valence-electron chi connectivity index (χ0n) is 10.9. The summed E-state index contributed by atoms with van der Waals surface area (Å²) in [6.45, 7) is 1.32.